The first kappa shape index (κ1) is 13.6. The number of aromatic nitrogens is 1. The molecule has 1 aromatic heterocycles. The van der Waals surface area contributed by atoms with Crippen molar-refractivity contribution in [2.75, 3.05) is 17.7 Å². The zero-order valence-corrected chi connectivity index (χ0v) is 11.7. The molecule has 1 saturated carbocycles. The van der Waals surface area contributed by atoms with Crippen molar-refractivity contribution < 1.29 is 0 Å². The highest BCUT2D eigenvalue weighted by Crippen LogP contribution is 2.36. The molecule has 4 nitrogen and oxygen atoms in total. The van der Waals surface area contributed by atoms with Gasteiger partial charge in [0, 0.05) is 18.5 Å². The third-order valence-electron chi connectivity index (χ3n) is 3.19. The van der Waals surface area contributed by atoms with Crippen LogP contribution in [0.3, 0.4) is 0 Å². The summed E-state index contributed by atoms with van der Waals surface area (Å²) >= 11 is 0. The quantitative estimate of drug-likeness (QED) is 0.654. The predicted octanol–water partition coefficient (Wildman–Crippen LogP) is 3.65. The van der Waals surface area contributed by atoms with Crippen molar-refractivity contribution in [3.63, 3.8) is 0 Å². The molecule has 2 rings (SSSR count). The molecule has 1 heterocycles. The molecule has 0 atom stereocenters. The van der Waals surface area contributed by atoms with E-state index in [4.69, 9.17) is 5.41 Å². The zero-order chi connectivity index (χ0) is 13.7. The highest BCUT2D eigenvalue weighted by molar-refractivity contribution is 5.93. The van der Waals surface area contributed by atoms with E-state index >= 15 is 0 Å². The molecule has 0 bridgehead atoms. The van der Waals surface area contributed by atoms with Gasteiger partial charge in [0.1, 0.15) is 5.82 Å². The molecule has 102 valence electrons. The molecular weight excluding hydrogens is 236 g/mol. The van der Waals surface area contributed by atoms with Gasteiger partial charge < -0.3 is 16.0 Å². The predicted molar refractivity (Wildman–Crippen MR) is 80.8 cm³/mol. The molecule has 1 fully saturated rings. The van der Waals surface area contributed by atoms with E-state index in [1.807, 2.05) is 31.5 Å². The number of nitrogens with one attached hydrogen (secondary N) is 3. The average molecular weight is 258 g/mol. The van der Waals surface area contributed by atoms with Crippen molar-refractivity contribution in [1.29, 1.82) is 5.41 Å². The molecule has 0 aliphatic heterocycles. The van der Waals surface area contributed by atoms with Gasteiger partial charge >= 0.3 is 0 Å². The van der Waals surface area contributed by atoms with Crippen molar-refractivity contribution in [3.05, 3.63) is 30.1 Å². The lowest BCUT2D eigenvalue weighted by Gasteiger charge is -2.10. The van der Waals surface area contributed by atoms with E-state index < -0.39 is 0 Å². The topological polar surface area (TPSA) is 60.8 Å². The van der Waals surface area contributed by atoms with Crippen molar-refractivity contribution >= 4 is 17.2 Å². The molecule has 0 aromatic carbocycles. The molecule has 19 heavy (non-hydrogen) atoms. The van der Waals surface area contributed by atoms with Gasteiger partial charge in [-0.05, 0) is 43.4 Å². The van der Waals surface area contributed by atoms with Crippen LogP contribution in [-0.2, 0) is 0 Å². The number of hydrogen-bond acceptors (Lipinski definition) is 4. The fourth-order valence-corrected chi connectivity index (χ4v) is 1.94. The maximum atomic E-state index is 7.92. The van der Waals surface area contributed by atoms with Crippen molar-refractivity contribution in [1.82, 2.24) is 4.98 Å². The van der Waals surface area contributed by atoms with Crippen LogP contribution in [0.25, 0.3) is 0 Å². The molecular formula is C15H22N4. The lowest BCUT2D eigenvalue weighted by molar-refractivity contribution is 0.975. The Morgan fingerprint density at radius 1 is 1.47 bits per heavy atom. The van der Waals surface area contributed by atoms with Crippen LogP contribution < -0.4 is 10.6 Å². The highest BCUT2D eigenvalue weighted by Gasteiger charge is 2.26. The maximum Gasteiger partial charge on any atom is 0.130 e. The van der Waals surface area contributed by atoms with Crippen LogP contribution in [0.1, 0.15) is 32.6 Å². The molecule has 0 radical (unpaired) electrons. The number of rotatable bonds is 7. The normalized spacial score (nSPS) is 15.2. The van der Waals surface area contributed by atoms with E-state index in [9.17, 15) is 0 Å². The number of nitrogens with zero attached hydrogens (tertiary/aromatic N) is 1. The van der Waals surface area contributed by atoms with E-state index in [1.165, 1.54) is 12.8 Å². The molecule has 1 aromatic rings. The minimum absolute atomic E-state index is 0.586. The van der Waals surface area contributed by atoms with Gasteiger partial charge in [-0.3, -0.25) is 0 Å². The Balaban J connectivity index is 2.05. The van der Waals surface area contributed by atoms with Gasteiger partial charge in [-0.25, -0.2) is 4.98 Å². The highest BCUT2D eigenvalue weighted by atomic mass is 15.0. The summed E-state index contributed by atoms with van der Waals surface area (Å²) in [6.45, 7) is 2.10. The summed E-state index contributed by atoms with van der Waals surface area (Å²) in [6.07, 6.45) is 8.07. The van der Waals surface area contributed by atoms with Crippen LogP contribution in [0.2, 0.25) is 0 Å². The first-order valence-corrected chi connectivity index (χ1v) is 6.92. The minimum atomic E-state index is 0.586. The standard InChI is InChI=1S/C15H22N4/c1-3-4-12(16)9-14(11-5-6-11)19-15-8-7-13(17-2)10-18-15/h7-11,16-17H,3-6H2,1-2H3,(H,18,19)/b14-9-,16-12?. The number of pyridine rings is 1. The lowest BCUT2D eigenvalue weighted by atomic mass is 10.1. The van der Waals surface area contributed by atoms with E-state index in [1.54, 1.807) is 0 Å². The van der Waals surface area contributed by atoms with Gasteiger partial charge in [0.15, 0.2) is 0 Å². The molecule has 4 heteroatoms. The zero-order valence-electron chi connectivity index (χ0n) is 11.7. The second kappa shape index (κ2) is 6.36. The molecule has 1 aliphatic rings. The summed E-state index contributed by atoms with van der Waals surface area (Å²) in [5, 5.41) is 14.3. The Morgan fingerprint density at radius 3 is 2.79 bits per heavy atom. The van der Waals surface area contributed by atoms with Crippen LogP contribution in [0, 0.1) is 11.3 Å². The van der Waals surface area contributed by atoms with Gasteiger partial charge in [-0.1, -0.05) is 13.3 Å². The van der Waals surface area contributed by atoms with E-state index in [-0.39, 0.29) is 0 Å². The Bertz CT molecular complexity index is 458. The Morgan fingerprint density at radius 2 is 2.26 bits per heavy atom. The van der Waals surface area contributed by atoms with Gasteiger partial charge in [-0.2, -0.15) is 0 Å². The Labute approximate surface area is 114 Å². The second-order valence-corrected chi connectivity index (χ2v) is 4.96. The molecule has 0 spiro atoms. The fraction of sp³-hybridized carbons (Fsp3) is 0.467. The van der Waals surface area contributed by atoms with Crippen LogP contribution in [0.4, 0.5) is 11.5 Å². The molecule has 0 unspecified atom stereocenters. The van der Waals surface area contributed by atoms with E-state index in [0.29, 0.717) is 11.6 Å². The summed E-state index contributed by atoms with van der Waals surface area (Å²) in [7, 11) is 1.88. The lowest BCUT2D eigenvalue weighted by Crippen LogP contribution is -2.06. The van der Waals surface area contributed by atoms with Gasteiger partial charge in [0.05, 0.1) is 11.9 Å². The molecule has 3 N–H and O–H groups in total. The monoisotopic (exact) mass is 258 g/mol. The van der Waals surface area contributed by atoms with Gasteiger partial charge in [0.2, 0.25) is 0 Å². The number of anilines is 2. The Hall–Kier alpha value is -1.84. The van der Waals surface area contributed by atoms with Crippen molar-refractivity contribution in [2.45, 2.75) is 32.6 Å². The summed E-state index contributed by atoms with van der Waals surface area (Å²) in [5.74, 6) is 1.43. The number of allylic oxidation sites excluding steroid dienone is 2. The molecule has 0 saturated heterocycles. The molecule has 0 amide bonds. The third-order valence-corrected chi connectivity index (χ3v) is 3.19. The summed E-state index contributed by atoms with van der Waals surface area (Å²) < 4.78 is 0. The van der Waals surface area contributed by atoms with Gasteiger partial charge in [-0.15, -0.1) is 0 Å². The van der Waals surface area contributed by atoms with Crippen LogP contribution in [0.15, 0.2) is 30.1 Å². The summed E-state index contributed by atoms with van der Waals surface area (Å²) in [6, 6.07) is 3.96. The van der Waals surface area contributed by atoms with E-state index in [2.05, 4.69) is 22.5 Å². The maximum absolute atomic E-state index is 7.92. The smallest absolute Gasteiger partial charge is 0.130 e. The van der Waals surface area contributed by atoms with Crippen LogP contribution >= 0.6 is 0 Å². The third kappa shape index (κ3) is 4.09. The van der Waals surface area contributed by atoms with Crippen molar-refractivity contribution in [3.8, 4) is 0 Å². The minimum Gasteiger partial charge on any atom is -0.387 e. The first-order chi connectivity index (χ1) is 9.22. The van der Waals surface area contributed by atoms with E-state index in [0.717, 1.165) is 30.0 Å². The SMILES string of the molecule is CCCC(=N)/C=C(\Nc1ccc(NC)cn1)C1CC1. The largest absolute Gasteiger partial charge is 0.387 e. The van der Waals surface area contributed by atoms with Crippen LogP contribution in [0.5, 0.6) is 0 Å². The first-order valence-electron chi connectivity index (χ1n) is 6.92. The number of hydrogen-bond donors (Lipinski definition) is 3. The van der Waals surface area contributed by atoms with Crippen molar-refractivity contribution in [2.24, 2.45) is 5.92 Å². The molecule has 1 aliphatic carbocycles. The van der Waals surface area contributed by atoms with Crippen LogP contribution in [-0.4, -0.2) is 17.7 Å². The fourth-order valence-electron chi connectivity index (χ4n) is 1.94. The Kier molecular flexibility index (Phi) is 4.55. The average Bonchev–Trinajstić information content (AvgIpc) is 3.23. The summed E-state index contributed by atoms with van der Waals surface area (Å²) in [5.41, 5.74) is 2.84. The van der Waals surface area contributed by atoms with Gasteiger partial charge in [0.25, 0.3) is 0 Å². The second-order valence-electron chi connectivity index (χ2n) is 4.96. The summed E-state index contributed by atoms with van der Waals surface area (Å²) in [4.78, 5) is 4.37.